The van der Waals surface area contributed by atoms with Gasteiger partial charge in [0.15, 0.2) is 0 Å². The SMILES string of the molecule is CCc1c(C)c(C)c(C)c(C)c1C.CCn1c(C)c(C)c2c(C)c(C)c(C)c(C)c21.CCn1c(C)c(C)c2c(C)c(C)c(C)c(C)c21.CCn1nc(C)c2c(C)c(C)c(C)c(C)c21.CCn1nc(C)c2c(C)c(C)c(C)c(C)c21. The highest BCUT2D eigenvalue weighted by atomic mass is 15.3. The molecule has 428 valence electrons. The van der Waals surface area contributed by atoms with Crippen molar-refractivity contribution >= 4 is 43.6 Å². The fourth-order valence-corrected chi connectivity index (χ4v) is 13.3. The molecule has 9 aromatic rings. The number of benzene rings is 5. The average molecular weight is 1070 g/mol. The van der Waals surface area contributed by atoms with Gasteiger partial charge in [0.2, 0.25) is 0 Å². The lowest BCUT2D eigenvalue weighted by molar-refractivity contribution is 0.674. The Labute approximate surface area is 480 Å². The summed E-state index contributed by atoms with van der Waals surface area (Å²) in [5, 5.41) is 14.9. The zero-order valence-electron chi connectivity index (χ0n) is 56.2. The molecule has 0 aliphatic heterocycles. The minimum atomic E-state index is 0.938. The molecule has 0 bridgehead atoms. The van der Waals surface area contributed by atoms with Crippen LogP contribution in [0.2, 0.25) is 0 Å². The first-order chi connectivity index (χ1) is 36.8. The van der Waals surface area contributed by atoms with E-state index in [1.807, 2.05) is 0 Å². The highest BCUT2D eigenvalue weighted by Gasteiger charge is 2.21. The van der Waals surface area contributed by atoms with E-state index in [0.717, 1.165) is 44.0 Å². The summed E-state index contributed by atoms with van der Waals surface area (Å²) in [6, 6.07) is 0. The second-order valence-corrected chi connectivity index (χ2v) is 23.6. The first-order valence-electron chi connectivity index (χ1n) is 29.8. The number of hydrogen-bond donors (Lipinski definition) is 0. The Morgan fingerprint density at radius 3 is 0.709 bits per heavy atom. The fourth-order valence-electron chi connectivity index (χ4n) is 13.3. The van der Waals surface area contributed by atoms with Crippen LogP contribution < -0.4 is 0 Å². The molecule has 5 aromatic carbocycles. The highest BCUT2D eigenvalue weighted by Crippen LogP contribution is 2.37. The van der Waals surface area contributed by atoms with Gasteiger partial charge >= 0.3 is 0 Å². The normalized spacial score (nSPS) is 11.3. The molecule has 0 unspecified atom stereocenters. The van der Waals surface area contributed by atoms with Gasteiger partial charge in [-0.1, -0.05) is 6.92 Å². The first kappa shape index (κ1) is 63.9. The number of nitrogens with zero attached hydrogens (tertiary/aromatic N) is 6. The van der Waals surface area contributed by atoms with Gasteiger partial charge in [0.05, 0.1) is 33.5 Å². The summed E-state index contributed by atoms with van der Waals surface area (Å²) in [6.07, 6.45) is 1.15. The third kappa shape index (κ3) is 10.9. The van der Waals surface area contributed by atoms with Gasteiger partial charge in [-0.25, -0.2) is 0 Å². The molecule has 6 nitrogen and oxygen atoms in total. The Morgan fingerprint density at radius 1 is 0.228 bits per heavy atom. The molecular formula is C73H106N6. The standard InChI is InChI=1S/2C16H23N.2C14H20N2.C13H20/c2*1-8-17-14(7)13(6)15-11(4)9(2)10(3)12(5)16(15)17;2*1-7-16-14-11(5)9(3)8(2)10(4)13(14)12(6)15-16;1-7-13-11(5)9(3)8(2)10(4)12(13)6/h2*8H2,1-7H3;2*7H2,1-6H3;7H2,1-6H3. The predicted molar refractivity (Wildman–Crippen MR) is 350 cm³/mol. The third-order valence-corrected chi connectivity index (χ3v) is 20.3. The van der Waals surface area contributed by atoms with Crippen LogP contribution >= 0.6 is 0 Å². The van der Waals surface area contributed by atoms with Crippen LogP contribution in [0.4, 0.5) is 0 Å². The molecule has 4 aromatic heterocycles. The van der Waals surface area contributed by atoms with Crippen molar-refractivity contribution in [3.8, 4) is 0 Å². The van der Waals surface area contributed by atoms with E-state index in [0.29, 0.717) is 0 Å². The van der Waals surface area contributed by atoms with Gasteiger partial charge in [0, 0.05) is 59.1 Å². The molecule has 9 rings (SSSR count). The maximum atomic E-state index is 4.63. The van der Waals surface area contributed by atoms with E-state index >= 15 is 0 Å². The summed E-state index contributed by atoms with van der Waals surface area (Å²) in [4.78, 5) is 0. The van der Waals surface area contributed by atoms with Crippen LogP contribution in [-0.4, -0.2) is 28.7 Å². The van der Waals surface area contributed by atoms with E-state index in [4.69, 9.17) is 0 Å². The summed E-state index contributed by atoms with van der Waals surface area (Å²) in [5.41, 5.74) is 45.2. The van der Waals surface area contributed by atoms with Crippen LogP contribution in [0, 0.1) is 187 Å². The number of aromatic nitrogens is 6. The van der Waals surface area contributed by atoms with Crippen LogP contribution in [0.3, 0.4) is 0 Å². The molecule has 0 spiro atoms. The van der Waals surface area contributed by atoms with Gasteiger partial charge in [-0.15, -0.1) is 0 Å². The topological polar surface area (TPSA) is 45.5 Å². The van der Waals surface area contributed by atoms with Crippen LogP contribution in [0.1, 0.15) is 191 Å². The van der Waals surface area contributed by atoms with Crippen LogP contribution in [0.5, 0.6) is 0 Å². The molecule has 0 saturated carbocycles. The molecule has 0 radical (unpaired) electrons. The van der Waals surface area contributed by atoms with E-state index in [-0.39, 0.29) is 0 Å². The molecule has 0 aliphatic rings. The number of rotatable bonds is 5. The number of hydrogen-bond acceptors (Lipinski definition) is 2. The molecule has 0 saturated heterocycles. The summed E-state index contributed by atoms with van der Waals surface area (Å²) in [7, 11) is 0. The smallest absolute Gasteiger partial charge is 0.0719 e. The van der Waals surface area contributed by atoms with Gasteiger partial charge in [-0.05, 0) is 355 Å². The van der Waals surface area contributed by atoms with Crippen molar-refractivity contribution in [2.75, 3.05) is 0 Å². The van der Waals surface area contributed by atoms with E-state index in [1.54, 1.807) is 5.56 Å². The van der Waals surface area contributed by atoms with Crippen LogP contribution in [-0.2, 0) is 32.6 Å². The number of fused-ring (bicyclic) bond motifs is 4. The molecular weight excluding hydrogens is 961 g/mol. The Kier molecular flexibility index (Phi) is 20.1. The third-order valence-electron chi connectivity index (χ3n) is 20.3. The van der Waals surface area contributed by atoms with Crippen molar-refractivity contribution in [2.45, 2.75) is 254 Å². The molecule has 0 amide bonds. The fraction of sp³-hybridized carbons (Fsp3) is 0.507. The Balaban J connectivity index is 0.000000182. The van der Waals surface area contributed by atoms with E-state index in [2.05, 4.69) is 250 Å². The molecule has 0 aliphatic carbocycles. The van der Waals surface area contributed by atoms with Crippen molar-refractivity contribution < 1.29 is 0 Å². The summed E-state index contributed by atoms with van der Waals surface area (Å²) < 4.78 is 9.16. The van der Waals surface area contributed by atoms with Gasteiger partial charge in [0.25, 0.3) is 0 Å². The first-order valence-corrected chi connectivity index (χ1v) is 29.8. The Bertz CT molecular complexity index is 3560. The largest absolute Gasteiger partial charge is 0.345 e. The maximum Gasteiger partial charge on any atom is 0.0719 e. The van der Waals surface area contributed by atoms with Gasteiger partial charge in [0.1, 0.15) is 0 Å². The molecule has 0 fully saturated rings. The zero-order chi connectivity index (χ0) is 60.0. The molecule has 6 heteroatoms. The lowest BCUT2D eigenvalue weighted by Crippen LogP contribution is -2.01. The van der Waals surface area contributed by atoms with Crippen molar-refractivity contribution in [1.29, 1.82) is 0 Å². The Morgan fingerprint density at radius 2 is 0.456 bits per heavy atom. The molecule has 79 heavy (non-hydrogen) atoms. The minimum absolute atomic E-state index is 0.938. The van der Waals surface area contributed by atoms with Gasteiger partial charge in [-0.3, -0.25) is 9.36 Å². The zero-order valence-corrected chi connectivity index (χ0v) is 56.2. The van der Waals surface area contributed by atoms with Crippen LogP contribution in [0.25, 0.3) is 43.6 Å². The second-order valence-electron chi connectivity index (χ2n) is 23.6. The molecule has 0 N–H and O–H groups in total. The van der Waals surface area contributed by atoms with E-state index in [9.17, 15) is 0 Å². The van der Waals surface area contributed by atoms with E-state index < -0.39 is 0 Å². The Hall–Kier alpha value is -5.88. The van der Waals surface area contributed by atoms with Crippen molar-refractivity contribution in [1.82, 2.24) is 28.7 Å². The predicted octanol–water partition coefficient (Wildman–Crippen LogP) is 20.0. The van der Waals surface area contributed by atoms with Crippen LogP contribution in [0.15, 0.2) is 0 Å². The monoisotopic (exact) mass is 1070 g/mol. The lowest BCUT2D eigenvalue weighted by atomic mass is 9.89. The summed E-state index contributed by atoms with van der Waals surface area (Å²) >= 11 is 0. The maximum absolute atomic E-state index is 4.63. The van der Waals surface area contributed by atoms with Crippen molar-refractivity contribution in [2.24, 2.45) is 0 Å². The summed E-state index contributed by atoms with van der Waals surface area (Å²) in [5.74, 6) is 0. The average Bonchev–Trinajstić information content (AvgIpc) is 4.17. The quantitative estimate of drug-likeness (QED) is 0.172. The van der Waals surface area contributed by atoms with Crippen molar-refractivity contribution in [3.05, 3.63) is 156 Å². The lowest BCUT2D eigenvalue weighted by Gasteiger charge is -2.17. The van der Waals surface area contributed by atoms with E-state index in [1.165, 1.54) is 183 Å². The minimum Gasteiger partial charge on any atom is -0.345 e. The highest BCUT2D eigenvalue weighted by molar-refractivity contribution is 5.94. The number of aryl methyl sites for hydroxylation is 16. The van der Waals surface area contributed by atoms with Gasteiger partial charge in [-0.2, -0.15) is 10.2 Å². The second kappa shape index (κ2) is 24.9. The molecule has 4 heterocycles. The van der Waals surface area contributed by atoms with Gasteiger partial charge < -0.3 is 9.13 Å². The van der Waals surface area contributed by atoms with Crippen molar-refractivity contribution in [3.63, 3.8) is 0 Å². The molecule has 0 atom stereocenters. The summed E-state index contributed by atoms with van der Waals surface area (Å²) in [6.45, 7) is 75.0.